The highest BCUT2D eigenvalue weighted by molar-refractivity contribution is 6.33. The number of H-pyrrole nitrogens is 2. The van der Waals surface area contributed by atoms with E-state index in [0.717, 1.165) is 22.3 Å². The zero-order chi connectivity index (χ0) is 18.9. The number of benzene rings is 2. The van der Waals surface area contributed by atoms with Gasteiger partial charge in [0.25, 0.3) is 0 Å². The summed E-state index contributed by atoms with van der Waals surface area (Å²) >= 11 is 6.27. The molecule has 136 valence electrons. The molecule has 0 aliphatic heterocycles. The monoisotopic (exact) mass is 387 g/mol. The van der Waals surface area contributed by atoms with Crippen LogP contribution in [0.4, 0.5) is 11.5 Å². The largest absolute Gasteiger partial charge is 0.337 e. The second kappa shape index (κ2) is 6.79. The van der Waals surface area contributed by atoms with E-state index in [1.807, 2.05) is 48.5 Å². The molecule has 5 rings (SSSR count). The smallest absolute Gasteiger partial charge is 0.163 e. The minimum Gasteiger partial charge on any atom is -0.337 e. The molecular formula is C20H14ClN7. The first-order valence-corrected chi connectivity index (χ1v) is 8.99. The van der Waals surface area contributed by atoms with Crippen molar-refractivity contribution in [3.63, 3.8) is 0 Å². The van der Waals surface area contributed by atoms with Crippen LogP contribution in [0.3, 0.4) is 0 Å². The average Bonchev–Trinajstić information content (AvgIpc) is 3.35. The normalized spacial score (nSPS) is 11.0. The molecule has 0 radical (unpaired) electrons. The first-order valence-electron chi connectivity index (χ1n) is 8.62. The zero-order valence-corrected chi connectivity index (χ0v) is 15.3. The number of para-hydroxylation sites is 2. The molecule has 0 aliphatic carbocycles. The van der Waals surface area contributed by atoms with Crippen LogP contribution in [-0.4, -0.2) is 30.1 Å². The van der Waals surface area contributed by atoms with Crippen molar-refractivity contribution in [3.8, 4) is 22.9 Å². The van der Waals surface area contributed by atoms with E-state index in [9.17, 15) is 0 Å². The van der Waals surface area contributed by atoms with Gasteiger partial charge in [-0.3, -0.25) is 5.10 Å². The maximum Gasteiger partial charge on any atom is 0.163 e. The molecule has 0 unspecified atom stereocenters. The molecule has 0 aliphatic rings. The first kappa shape index (κ1) is 16.5. The summed E-state index contributed by atoms with van der Waals surface area (Å²) in [6.45, 7) is 0. The van der Waals surface area contributed by atoms with Crippen LogP contribution in [0.1, 0.15) is 0 Å². The summed E-state index contributed by atoms with van der Waals surface area (Å²) in [4.78, 5) is 16.8. The minimum atomic E-state index is 0.546. The predicted octanol–water partition coefficient (Wildman–Crippen LogP) is 4.81. The number of aromatic nitrogens is 6. The van der Waals surface area contributed by atoms with Gasteiger partial charge < -0.3 is 10.3 Å². The van der Waals surface area contributed by atoms with Crippen molar-refractivity contribution >= 4 is 34.1 Å². The highest BCUT2D eigenvalue weighted by Gasteiger charge is 2.14. The molecule has 5 aromatic rings. The van der Waals surface area contributed by atoms with Crippen LogP contribution in [-0.2, 0) is 0 Å². The Morgan fingerprint density at radius 3 is 2.68 bits per heavy atom. The zero-order valence-electron chi connectivity index (χ0n) is 14.5. The summed E-state index contributed by atoms with van der Waals surface area (Å²) in [6.07, 6.45) is 3.45. The lowest BCUT2D eigenvalue weighted by Crippen LogP contribution is -1.98. The Balaban J connectivity index is 1.49. The van der Waals surface area contributed by atoms with E-state index in [-0.39, 0.29) is 0 Å². The Hall–Kier alpha value is -3.71. The fourth-order valence-corrected chi connectivity index (χ4v) is 3.19. The van der Waals surface area contributed by atoms with E-state index in [4.69, 9.17) is 11.6 Å². The molecule has 0 saturated carbocycles. The molecule has 0 atom stereocenters. The van der Waals surface area contributed by atoms with Gasteiger partial charge >= 0.3 is 0 Å². The van der Waals surface area contributed by atoms with Crippen LogP contribution < -0.4 is 5.32 Å². The summed E-state index contributed by atoms with van der Waals surface area (Å²) < 4.78 is 0. The Bertz CT molecular complexity index is 1240. The van der Waals surface area contributed by atoms with Gasteiger partial charge in [-0.2, -0.15) is 5.10 Å². The topological polar surface area (TPSA) is 95.2 Å². The summed E-state index contributed by atoms with van der Waals surface area (Å²) in [6, 6.07) is 17.1. The van der Waals surface area contributed by atoms with Gasteiger partial charge in [-0.15, -0.1) is 0 Å². The number of nitrogens with zero attached hydrogens (tertiary/aromatic N) is 4. The van der Waals surface area contributed by atoms with Crippen LogP contribution in [0.15, 0.2) is 67.0 Å². The Morgan fingerprint density at radius 2 is 1.79 bits per heavy atom. The summed E-state index contributed by atoms with van der Waals surface area (Å²) in [5, 5.41) is 11.1. The maximum atomic E-state index is 6.27. The second-order valence-corrected chi connectivity index (χ2v) is 6.53. The molecule has 7 nitrogen and oxygen atoms in total. The van der Waals surface area contributed by atoms with Gasteiger partial charge in [0, 0.05) is 18.0 Å². The van der Waals surface area contributed by atoms with Crippen LogP contribution in [0.2, 0.25) is 5.02 Å². The number of fused-ring (bicyclic) bond motifs is 1. The molecule has 0 spiro atoms. The van der Waals surface area contributed by atoms with Crippen molar-refractivity contribution in [2.75, 3.05) is 5.32 Å². The van der Waals surface area contributed by atoms with E-state index >= 15 is 0 Å². The van der Waals surface area contributed by atoms with E-state index in [0.29, 0.717) is 28.2 Å². The number of nitrogens with one attached hydrogen (secondary N) is 3. The molecule has 28 heavy (non-hydrogen) atoms. The lowest BCUT2D eigenvalue weighted by molar-refractivity contribution is 1.08. The number of hydrogen-bond acceptors (Lipinski definition) is 5. The number of hydrogen-bond donors (Lipinski definition) is 3. The average molecular weight is 388 g/mol. The maximum absolute atomic E-state index is 6.27. The van der Waals surface area contributed by atoms with E-state index in [2.05, 4.69) is 35.5 Å². The predicted molar refractivity (Wildman–Crippen MR) is 109 cm³/mol. The van der Waals surface area contributed by atoms with Crippen molar-refractivity contribution in [2.45, 2.75) is 0 Å². The van der Waals surface area contributed by atoms with Crippen LogP contribution in [0, 0.1) is 0 Å². The minimum absolute atomic E-state index is 0.546. The molecule has 8 heteroatoms. The third-order valence-electron chi connectivity index (χ3n) is 4.29. The lowest BCUT2D eigenvalue weighted by atomic mass is 10.2. The van der Waals surface area contributed by atoms with E-state index < -0.39 is 0 Å². The number of aromatic amines is 2. The molecule has 0 bridgehead atoms. The molecule has 0 amide bonds. The van der Waals surface area contributed by atoms with Crippen molar-refractivity contribution in [1.29, 1.82) is 0 Å². The lowest BCUT2D eigenvalue weighted by Gasteiger charge is -2.07. The Morgan fingerprint density at radius 1 is 0.929 bits per heavy atom. The second-order valence-electron chi connectivity index (χ2n) is 6.12. The third kappa shape index (κ3) is 2.97. The van der Waals surface area contributed by atoms with Crippen molar-refractivity contribution in [3.05, 3.63) is 72.0 Å². The van der Waals surface area contributed by atoms with Crippen LogP contribution in [0.25, 0.3) is 33.9 Å². The summed E-state index contributed by atoms with van der Waals surface area (Å²) in [5.41, 5.74) is 4.04. The van der Waals surface area contributed by atoms with Gasteiger partial charge in [0.05, 0.1) is 21.7 Å². The van der Waals surface area contributed by atoms with Crippen molar-refractivity contribution in [2.24, 2.45) is 0 Å². The molecule has 0 saturated heterocycles. The fourth-order valence-electron chi connectivity index (χ4n) is 2.97. The number of halogens is 1. The molecule has 3 N–H and O–H groups in total. The van der Waals surface area contributed by atoms with Gasteiger partial charge in [0.2, 0.25) is 0 Å². The van der Waals surface area contributed by atoms with Crippen LogP contribution >= 0.6 is 11.6 Å². The van der Waals surface area contributed by atoms with Gasteiger partial charge in [-0.25, -0.2) is 15.0 Å². The quantitative estimate of drug-likeness (QED) is 0.411. The van der Waals surface area contributed by atoms with Gasteiger partial charge in [-0.05, 0) is 30.3 Å². The summed E-state index contributed by atoms with van der Waals surface area (Å²) in [5.74, 6) is 1.85. The third-order valence-corrected chi connectivity index (χ3v) is 4.62. The highest BCUT2D eigenvalue weighted by Crippen LogP contribution is 2.29. The Kier molecular flexibility index (Phi) is 3.99. The Labute approximate surface area is 164 Å². The van der Waals surface area contributed by atoms with Gasteiger partial charge in [-0.1, -0.05) is 35.9 Å². The number of anilines is 2. The van der Waals surface area contributed by atoms with Crippen molar-refractivity contribution < 1.29 is 0 Å². The molecular weight excluding hydrogens is 374 g/mol. The van der Waals surface area contributed by atoms with E-state index in [1.165, 1.54) is 0 Å². The molecule has 2 aromatic carbocycles. The molecule has 0 fully saturated rings. The molecule has 3 heterocycles. The number of rotatable bonds is 4. The van der Waals surface area contributed by atoms with E-state index in [1.54, 1.807) is 18.5 Å². The van der Waals surface area contributed by atoms with Gasteiger partial charge in [0.15, 0.2) is 17.3 Å². The summed E-state index contributed by atoms with van der Waals surface area (Å²) in [7, 11) is 0. The van der Waals surface area contributed by atoms with Crippen LogP contribution in [0.5, 0.6) is 0 Å². The van der Waals surface area contributed by atoms with Gasteiger partial charge in [0.1, 0.15) is 5.82 Å². The van der Waals surface area contributed by atoms with Crippen molar-refractivity contribution in [1.82, 2.24) is 30.1 Å². The SMILES string of the molecule is Clc1ccccc1-c1nccc(Nc2c[nH]nc2-c2nc3ccccc3[nH]2)n1. The first-order chi connectivity index (χ1) is 13.8. The fraction of sp³-hybridized carbons (Fsp3) is 0. The standard InChI is InChI=1S/C20H14ClN7/c21-13-6-2-1-5-12(13)19-22-10-9-17(27-19)24-16-11-23-28-18(16)20-25-14-7-3-4-8-15(14)26-20/h1-11H,(H,23,28)(H,25,26)(H,22,24,27). The number of imidazole rings is 1. The molecule has 3 aromatic heterocycles. The highest BCUT2D eigenvalue weighted by atomic mass is 35.5.